The number of guanidine groups is 1. The van der Waals surface area contributed by atoms with Crippen molar-refractivity contribution < 1.29 is 9.53 Å². The molecule has 2 fully saturated rings. The summed E-state index contributed by atoms with van der Waals surface area (Å²) in [6.45, 7) is 6.77. The minimum Gasteiger partial charge on any atom is -0.450 e. The van der Waals surface area contributed by atoms with Crippen molar-refractivity contribution in [2.24, 2.45) is 16.1 Å². The average Bonchev–Trinajstić information content (AvgIpc) is 2.51. The molecule has 140 valence electrons. The maximum absolute atomic E-state index is 11.7. The normalized spacial score (nSPS) is 20.8. The molecule has 3 N–H and O–H groups in total. The van der Waals surface area contributed by atoms with E-state index in [4.69, 9.17) is 10.5 Å². The number of halogens is 1. The number of piperidine rings is 1. The third kappa shape index (κ3) is 5.97. The van der Waals surface area contributed by atoms with E-state index < -0.39 is 0 Å². The van der Waals surface area contributed by atoms with E-state index in [0.29, 0.717) is 37.1 Å². The molecular formula is C17H33IN4O2. The van der Waals surface area contributed by atoms with Crippen LogP contribution in [-0.4, -0.2) is 49.2 Å². The largest absolute Gasteiger partial charge is 0.450 e. The number of nitrogens with zero attached hydrogens (tertiary/aromatic N) is 2. The lowest BCUT2D eigenvalue weighted by atomic mass is 9.66. The summed E-state index contributed by atoms with van der Waals surface area (Å²) in [6.07, 6.45) is 7.93. The monoisotopic (exact) mass is 452 g/mol. The van der Waals surface area contributed by atoms with Crippen LogP contribution in [0.4, 0.5) is 4.79 Å². The van der Waals surface area contributed by atoms with Gasteiger partial charge in [0, 0.05) is 25.7 Å². The minimum atomic E-state index is -0.209. The molecule has 1 aliphatic heterocycles. The van der Waals surface area contributed by atoms with E-state index in [9.17, 15) is 4.79 Å². The number of nitrogens with two attached hydrogens (primary N) is 1. The molecule has 0 aromatic rings. The topological polar surface area (TPSA) is 80.0 Å². The lowest BCUT2D eigenvalue weighted by Gasteiger charge is -2.41. The summed E-state index contributed by atoms with van der Waals surface area (Å²) in [4.78, 5) is 18.0. The molecule has 0 unspecified atom stereocenters. The van der Waals surface area contributed by atoms with Crippen molar-refractivity contribution in [3.63, 3.8) is 0 Å². The predicted molar refractivity (Wildman–Crippen MR) is 108 cm³/mol. The van der Waals surface area contributed by atoms with Crippen molar-refractivity contribution in [1.29, 1.82) is 0 Å². The van der Waals surface area contributed by atoms with Crippen molar-refractivity contribution in [2.45, 2.75) is 64.8 Å². The summed E-state index contributed by atoms with van der Waals surface area (Å²) in [5.41, 5.74) is 6.47. The van der Waals surface area contributed by atoms with Gasteiger partial charge in [0.1, 0.15) is 0 Å². The molecule has 1 amide bonds. The van der Waals surface area contributed by atoms with Gasteiger partial charge in [0.15, 0.2) is 5.96 Å². The Bertz CT molecular complexity index is 419. The fourth-order valence-electron chi connectivity index (χ4n) is 3.62. The van der Waals surface area contributed by atoms with Crippen LogP contribution in [0, 0.1) is 5.41 Å². The molecule has 2 rings (SSSR count). The zero-order chi connectivity index (χ0) is 16.7. The zero-order valence-corrected chi connectivity index (χ0v) is 17.4. The molecule has 7 heteroatoms. The molecule has 0 aromatic carbocycles. The van der Waals surface area contributed by atoms with E-state index in [1.54, 1.807) is 4.90 Å². The smallest absolute Gasteiger partial charge is 0.409 e. The second kappa shape index (κ2) is 10.3. The quantitative estimate of drug-likeness (QED) is 0.369. The number of carbonyl (C=O) groups is 1. The van der Waals surface area contributed by atoms with Gasteiger partial charge in [-0.05, 0) is 44.4 Å². The lowest BCUT2D eigenvalue weighted by molar-refractivity contribution is 0.0963. The third-order valence-corrected chi connectivity index (χ3v) is 5.15. The number of hydrogen-bond donors (Lipinski definition) is 2. The van der Waals surface area contributed by atoms with Crippen molar-refractivity contribution in [3.05, 3.63) is 0 Å². The molecular weight excluding hydrogens is 419 g/mol. The van der Waals surface area contributed by atoms with Crippen LogP contribution in [0.3, 0.4) is 0 Å². The number of hydrogen-bond acceptors (Lipinski definition) is 3. The standard InChI is InChI=1S/C17H32N4O2.HI/c1-3-8-17(9-5-10-17)13-19-15(18)20-14-6-11-21(12-7-14)16(22)23-4-2;/h14H,3-13H2,1-2H3,(H3,18,19,20);1H. The Hall–Kier alpha value is -0.730. The maximum atomic E-state index is 11.7. The molecule has 0 aromatic heterocycles. The first-order valence-electron chi connectivity index (χ1n) is 9.07. The Labute approximate surface area is 163 Å². The molecule has 1 heterocycles. The number of ether oxygens (including phenoxy) is 1. The van der Waals surface area contributed by atoms with E-state index in [2.05, 4.69) is 17.2 Å². The van der Waals surface area contributed by atoms with Gasteiger partial charge in [0.25, 0.3) is 0 Å². The van der Waals surface area contributed by atoms with Gasteiger partial charge < -0.3 is 20.7 Å². The first-order valence-corrected chi connectivity index (χ1v) is 9.07. The van der Waals surface area contributed by atoms with Crippen LogP contribution < -0.4 is 11.1 Å². The fraction of sp³-hybridized carbons (Fsp3) is 0.882. The van der Waals surface area contributed by atoms with Gasteiger partial charge in [-0.15, -0.1) is 24.0 Å². The number of nitrogens with one attached hydrogen (secondary N) is 1. The van der Waals surface area contributed by atoms with E-state index in [1.165, 1.54) is 32.1 Å². The zero-order valence-electron chi connectivity index (χ0n) is 15.1. The molecule has 0 atom stereocenters. The van der Waals surface area contributed by atoms with Crippen LogP contribution in [0.2, 0.25) is 0 Å². The number of rotatable bonds is 6. The Balaban J connectivity index is 0.00000288. The SMILES string of the molecule is CCCC1(CN=C(N)NC2CCN(C(=O)OCC)CC2)CCC1.I. The van der Waals surface area contributed by atoms with Crippen LogP contribution >= 0.6 is 24.0 Å². The minimum absolute atomic E-state index is 0. The van der Waals surface area contributed by atoms with E-state index in [1.807, 2.05) is 6.92 Å². The summed E-state index contributed by atoms with van der Waals surface area (Å²) in [6, 6.07) is 0.299. The van der Waals surface area contributed by atoms with Gasteiger partial charge in [0.05, 0.1) is 6.61 Å². The Morgan fingerprint density at radius 2 is 2.00 bits per heavy atom. The predicted octanol–water partition coefficient (Wildman–Crippen LogP) is 3.10. The van der Waals surface area contributed by atoms with Crippen LogP contribution in [0.25, 0.3) is 0 Å². The summed E-state index contributed by atoms with van der Waals surface area (Å²) < 4.78 is 5.03. The summed E-state index contributed by atoms with van der Waals surface area (Å²) in [5, 5.41) is 3.32. The van der Waals surface area contributed by atoms with Crippen molar-refractivity contribution in [2.75, 3.05) is 26.2 Å². The number of amides is 1. The highest BCUT2D eigenvalue weighted by molar-refractivity contribution is 14.0. The van der Waals surface area contributed by atoms with Gasteiger partial charge in [-0.1, -0.05) is 19.8 Å². The molecule has 0 radical (unpaired) electrons. The maximum Gasteiger partial charge on any atom is 0.409 e. The van der Waals surface area contributed by atoms with Crippen molar-refractivity contribution >= 4 is 36.0 Å². The van der Waals surface area contributed by atoms with Gasteiger partial charge in [-0.3, -0.25) is 4.99 Å². The van der Waals surface area contributed by atoms with E-state index in [-0.39, 0.29) is 30.1 Å². The van der Waals surface area contributed by atoms with Crippen molar-refractivity contribution in [1.82, 2.24) is 10.2 Å². The number of aliphatic imine (C=N–C) groups is 1. The van der Waals surface area contributed by atoms with Crippen LogP contribution in [-0.2, 0) is 4.74 Å². The molecule has 1 aliphatic carbocycles. The highest BCUT2D eigenvalue weighted by Gasteiger charge is 2.35. The lowest BCUT2D eigenvalue weighted by Crippen LogP contribution is -2.49. The number of carbonyl (C=O) groups excluding carboxylic acids is 1. The molecule has 2 aliphatic rings. The Kier molecular flexibility index (Phi) is 9.15. The van der Waals surface area contributed by atoms with E-state index >= 15 is 0 Å². The molecule has 6 nitrogen and oxygen atoms in total. The summed E-state index contributed by atoms with van der Waals surface area (Å²) in [5.74, 6) is 0.557. The van der Waals surface area contributed by atoms with Crippen LogP contribution in [0.1, 0.15) is 58.8 Å². The van der Waals surface area contributed by atoms with Gasteiger partial charge in [-0.2, -0.15) is 0 Å². The van der Waals surface area contributed by atoms with Gasteiger partial charge in [0.2, 0.25) is 0 Å². The van der Waals surface area contributed by atoms with Gasteiger partial charge in [-0.25, -0.2) is 4.79 Å². The van der Waals surface area contributed by atoms with Crippen molar-refractivity contribution in [3.8, 4) is 0 Å². The highest BCUT2D eigenvalue weighted by Crippen LogP contribution is 2.44. The molecule has 0 bridgehead atoms. The highest BCUT2D eigenvalue weighted by atomic mass is 127. The Morgan fingerprint density at radius 3 is 2.50 bits per heavy atom. The molecule has 24 heavy (non-hydrogen) atoms. The summed E-state index contributed by atoms with van der Waals surface area (Å²) in [7, 11) is 0. The average molecular weight is 452 g/mol. The molecule has 1 saturated carbocycles. The molecule has 0 spiro atoms. The summed E-state index contributed by atoms with van der Waals surface area (Å²) >= 11 is 0. The molecule has 1 saturated heterocycles. The Morgan fingerprint density at radius 1 is 1.33 bits per heavy atom. The number of likely N-dealkylation sites (tertiary alicyclic amines) is 1. The van der Waals surface area contributed by atoms with Crippen LogP contribution in [0.15, 0.2) is 4.99 Å². The fourth-order valence-corrected chi connectivity index (χ4v) is 3.62. The second-order valence-corrected chi connectivity index (χ2v) is 6.91. The van der Waals surface area contributed by atoms with Crippen LogP contribution in [0.5, 0.6) is 0 Å². The third-order valence-electron chi connectivity index (χ3n) is 5.15. The second-order valence-electron chi connectivity index (χ2n) is 6.91. The first-order chi connectivity index (χ1) is 11.1. The van der Waals surface area contributed by atoms with Gasteiger partial charge >= 0.3 is 6.09 Å². The first kappa shape index (κ1) is 21.3. The van der Waals surface area contributed by atoms with E-state index in [0.717, 1.165) is 19.4 Å².